The number of hydrogen-bond donors (Lipinski definition) is 2. The van der Waals surface area contributed by atoms with Crippen LogP contribution in [0.5, 0.6) is 0 Å². The van der Waals surface area contributed by atoms with Crippen molar-refractivity contribution in [3.8, 4) is 0 Å². The van der Waals surface area contributed by atoms with Crippen LogP contribution in [0.25, 0.3) is 0 Å². The summed E-state index contributed by atoms with van der Waals surface area (Å²) in [5.74, 6) is -1.83. The molecule has 6 nitrogen and oxygen atoms in total. The van der Waals surface area contributed by atoms with E-state index in [0.717, 1.165) is 12.8 Å². The van der Waals surface area contributed by atoms with Crippen LogP contribution in [0.4, 0.5) is 0 Å². The van der Waals surface area contributed by atoms with Crippen LogP contribution in [0.15, 0.2) is 12.7 Å². The highest BCUT2D eigenvalue weighted by Gasteiger charge is 2.29. The van der Waals surface area contributed by atoms with Gasteiger partial charge in [-0.25, -0.2) is 4.79 Å². The summed E-state index contributed by atoms with van der Waals surface area (Å²) in [7, 11) is 0. The van der Waals surface area contributed by atoms with E-state index >= 15 is 0 Å². The van der Waals surface area contributed by atoms with Crippen LogP contribution < -0.4 is 0 Å². The number of rotatable bonds is 11. The van der Waals surface area contributed by atoms with Crippen LogP contribution in [-0.4, -0.2) is 34.2 Å². The van der Waals surface area contributed by atoms with Gasteiger partial charge in [-0.05, 0) is 44.4 Å². The average Bonchev–Trinajstić information content (AvgIpc) is 2.70. The molecule has 1 aliphatic carbocycles. The lowest BCUT2D eigenvalue weighted by molar-refractivity contribution is -0.148. The van der Waals surface area contributed by atoms with Crippen molar-refractivity contribution in [1.82, 2.24) is 0 Å². The molecule has 0 heterocycles. The molecule has 1 rings (SSSR count). The lowest BCUT2D eigenvalue weighted by Gasteiger charge is -2.22. The largest absolute Gasteiger partial charge is 0.481 e. The van der Waals surface area contributed by atoms with E-state index in [1.54, 1.807) is 0 Å². The van der Waals surface area contributed by atoms with Gasteiger partial charge in [-0.3, -0.25) is 9.59 Å². The molecule has 0 saturated heterocycles. The zero-order valence-corrected chi connectivity index (χ0v) is 17.7. The summed E-state index contributed by atoms with van der Waals surface area (Å²) in [4.78, 5) is 32.1. The van der Waals surface area contributed by atoms with Crippen molar-refractivity contribution in [3.05, 3.63) is 12.7 Å². The lowest BCUT2D eigenvalue weighted by Crippen LogP contribution is -2.25. The fraction of sp³-hybridized carbons (Fsp3) is 0.773. The Bertz CT molecular complexity index is 457. The molecule has 1 aliphatic rings. The van der Waals surface area contributed by atoms with Crippen LogP contribution in [0.1, 0.15) is 85.0 Å². The second-order valence-corrected chi connectivity index (χ2v) is 7.55. The van der Waals surface area contributed by atoms with Crippen molar-refractivity contribution >= 4 is 17.9 Å². The van der Waals surface area contributed by atoms with Gasteiger partial charge in [0.25, 0.3) is 0 Å². The first kappa shape index (κ1) is 26.1. The molecule has 0 spiro atoms. The highest BCUT2D eigenvalue weighted by atomic mass is 16.5. The number of esters is 1. The first-order valence-electron chi connectivity index (χ1n) is 10.6. The topological polar surface area (TPSA) is 101 Å². The van der Waals surface area contributed by atoms with Gasteiger partial charge >= 0.3 is 17.9 Å². The number of carboxylic acid groups (broad SMARTS) is 2. The zero-order valence-electron chi connectivity index (χ0n) is 17.7. The minimum absolute atomic E-state index is 0.0623. The normalized spacial score (nSPS) is 20.8. The Hall–Kier alpha value is -1.85. The molecule has 0 radical (unpaired) electrons. The van der Waals surface area contributed by atoms with Gasteiger partial charge in [0.2, 0.25) is 0 Å². The highest BCUT2D eigenvalue weighted by Crippen LogP contribution is 2.28. The number of carbonyl (C=O) groups is 3. The number of carboxylic acids is 2. The molecule has 0 bridgehead atoms. The van der Waals surface area contributed by atoms with Gasteiger partial charge in [0.15, 0.2) is 0 Å². The predicted molar refractivity (Wildman–Crippen MR) is 109 cm³/mol. The summed E-state index contributed by atoms with van der Waals surface area (Å²) in [6.07, 6.45) is 10.1. The standard InChI is InChI=1S/C14H26O2.C8H12O4/c1-5-9-10-12(6-2)11-13(7-3)16-14(15)8-4;9-7(10)5-1-2-6(4-3-5)8(11)12/h8,12-13H,4-7,9-11H2,1-3H3;5-6H,1-4H2,(H,9,10)(H,11,12). The SMILES string of the molecule is C=CC(=O)OC(CC)CC(CC)CCCC.O=C(O)C1CCC(C(=O)O)CC1. The Morgan fingerprint density at radius 2 is 1.50 bits per heavy atom. The molecule has 0 aromatic heterocycles. The first-order valence-corrected chi connectivity index (χ1v) is 10.6. The van der Waals surface area contributed by atoms with Crippen molar-refractivity contribution < 1.29 is 29.3 Å². The minimum Gasteiger partial charge on any atom is -0.481 e. The maximum absolute atomic E-state index is 11.1. The quantitative estimate of drug-likeness (QED) is 0.372. The summed E-state index contributed by atoms with van der Waals surface area (Å²) in [5, 5.41) is 17.2. The fourth-order valence-corrected chi connectivity index (χ4v) is 3.45. The lowest BCUT2D eigenvalue weighted by atomic mass is 9.82. The van der Waals surface area contributed by atoms with Gasteiger partial charge < -0.3 is 14.9 Å². The number of ether oxygens (including phenoxy) is 1. The monoisotopic (exact) mass is 398 g/mol. The molecule has 2 unspecified atom stereocenters. The molecule has 162 valence electrons. The highest BCUT2D eigenvalue weighted by molar-refractivity contribution is 5.81. The molecule has 1 fully saturated rings. The van der Waals surface area contributed by atoms with Crippen molar-refractivity contribution in [2.24, 2.45) is 17.8 Å². The number of carbonyl (C=O) groups excluding carboxylic acids is 1. The van der Waals surface area contributed by atoms with Crippen molar-refractivity contribution in [2.75, 3.05) is 0 Å². The molecule has 0 aliphatic heterocycles. The van der Waals surface area contributed by atoms with E-state index < -0.39 is 11.9 Å². The minimum atomic E-state index is -0.793. The van der Waals surface area contributed by atoms with Crippen molar-refractivity contribution in [1.29, 1.82) is 0 Å². The van der Waals surface area contributed by atoms with Gasteiger partial charge in [-0.15, -0.1) is 0 Å². The Labute approximate surface area is 169 Å². The van der Waals surface area contributed by atoms with E-state index in [4.69, 9.17) is 14.9 Å². The molecule has 0 aromatic carbocycles. The summed E-state index contributed by atoms with van der Waals surface area (Å²) < 4.78 is 5.30. The fourth-order valence-electron chi connectivity index (χ4n) is 3.45. The summed E-state index contributed by atoms with van der Waals surface area (Å²) in [5.41, 5.74) is 0. The van der Waals surface area contributed by atoms with E-state index in [0.29, 0.717) is 31.6 Å². The molecule has 28 heavy (non-hydrogen) atoms. The van der Waals surface area contributed by atoms with E-state index in [9.17, 15) is 14.4 Å². The summed E-state index contributed by atoms with van der Waals surface area (Å²) in [6, 6.07) is 0. The van der Waals surface area contributed by atoms with Crippen LogP contribution in [-0.2, 0) is 19.1 Å². The van der Waals surface area contributed by atoms with E-state index in [1.807, 2.05) is 0 Å². The summed E-state index contributed by atoms with van der Waals surface area (Å²) in [6.45, 7) is 9.91. The van der Waals surface area contributed by atoms with Crippen LogP contribution >= 0.6 is 0 Å². The number of aliphatic carboxylic acids is 2. The Morgan fingerprint density at radius 1 is 1.00 bits per heavy atom. The maximum atomic E-state index is 11.1. The average molecular weight is 399 g/mol. The third-order valence-corrected chi connectivity index (χ3v) is 5.47. The van der Waals surface area contributed by atoms with E-state index in [2.05, 4.69) is 27.4 Å². The van der Waals surface area contributed by atoms with Crippen LogP contribution in [0, 0.1) is 17.8 Å². The number of hydrogen-bond acceptors (Lipinski definition) is 4. The van der Waals surface area contributed by atoms with Gasteiger partial charge in [0, 0.05) is 6.08 Å². The smallest absolute Gasteiger partial charge is 0.330 e. The predicted octanol–water partition coefficient (Wildman–Crippen LogP) is 5.06. The zero-order chi connectivity index (χ0) is 21.5. The molecular weight excluding hydrogens is 360 g/mol. The molecule has 1 saturated carbocycles. The third kappa shape index (κ3) is 11.1. The van der Waals surface area contributed by atoms with E-state index in [-0.39, 0.29) is 23.9 Å². The summed E-state index contributed by atoms with van der Waals surface area (Å²) >= 11 is 0. The van der Waals surface area contributed by atoms with Crippen LogP contribution in [0.2, 0.25) is 0 Å². The molecule has 6 heteroatoms. The van der Waals surface area contributed by atoms with Gasteiger partial charge in [0.05, 0.1) is 11.8 Å². The molecule has 0 amide bonds. The molecule has 2 N–H and O–H groups in total. The van der Waals surface area contributed by atoms with Crippen molar-refractivity contribution in [3.63, 3.8) is 0 Å². The second-order valence-electron chi connectivity index (χ2n) is 7.55. The second kappa shape index (κ2) is 15.1. The third-order valence-electron chi connectivity index (χ3n) is 5.47. The van der Waals surface area contributed by atoms with Gasteiger partial charge in [-0.1, -0.05) is 53.0 Å². The Balaban J connectivity index is 0.000000540. The molecule has 2 atom stereocenters. The molecular formula is C22H38O6. The molecule has 0 aromatic rings. The van der Waals surface area contributed by atoms with E-state index in [1.165, 1.54) is 31.8 Å². The first-order chi connectivity index (χ1) is 13.3. The Morgan fingerprint density at radius 3 is 1.82 bits per heavy atom. The maximum Gasteiger partial charge on any atom is 0.330 e. The number of unbranched alkanes of at least 4 members (excludes halogenated alkanes) is 1. The van der Waals surface area contributed by atoms with Crippen LogP contribution in [0.3, 0.4) is 0 Å². The van der Waals surface area contributed by atoms with Gasteiger partial charge in [0.1, 0.15) is 6.10 Å². The van der Waals surface area contributed by atoms with Gasteiger partial charge in [-0.2, -0.15) is 0 Å². The van der Waals surface area contributed by atoms with Crippen molar-refractivity contribution in [2.45, 2.75) is 91.1 Å². The Kier molecular flexibility index (Phi) is 14.1.